The number of sulfonamides is 1. The third-order valence-corrected chi connectivity index (χ3v) is 6.31. The summed E-state index contributed by atoms with van der Waals surface area (Å²) in [6, 6.07) is 3.15. The van der Waals surface area contributed by atoms with E-state index in [0.29, 0.717) is 12.2 Å². The van der Waals surface area contributed by atoms with Crippen LogP contribution in [0.15, 0.2) is 16.5 Å². The van der Waals surface area contributed by atoms with Crippen LogP contribution in [0.2, 0.25) is 0 Å². The summed E-state index contributed by atoms with van der Waals surface area (Å²) in [4.78, 5) is 0. The molecule has 1 aromatic heterocycles. The first-order valence-electron chi connectivity index (χ1n) is 8.13. The molecule has 1 unspecified atom stereocenters. The predicted octanol–water partition coefficient (Wildman–Crippen LogP) is 2.41. The van der Waals surface area contributed by atoms with Crippen LogP contribution in [0.3, 0.4) is 0 Å². The van der Waals surface area contributed by atoms with Gasteiger partial charge >= 0.3 is 0 Å². The summed E-state index contributed by atoms with van der Waals surface area (Å²) in [6.07, 6.45) is 3.81. The van der Waals surface area contributed by atoms with Gasteiger partial charge < -0.3 is 13.9 Å². The second-order valence-electron chi connectivity index (χ2n) is 5.93. The number of hydrogen-bond acceptors (Lipinski definition) is 5. The standard InChI is InChI=1S/C16H27NO5S/c1-4-12-9-10-14(22-12)13(11-20-2)17-23(18,19)16-8-6-5-7-15(16)21-3/h9-10,13,15-17H,4-8,11H2,1-3H3/t13?,15-,16+/m0/s1. The molecular formula is C16H27NO5S. The number of furan rings is 1. The molecule has 1 aromatic rings. The summed E-state index contributed by atoms with van der Waals surface area (Å²) in [6.45, 7) is 2.21. The first-order valence-corrected chi connectivity index (χ1v) is 9.68. The van der Waals surface area contributed by atoms with Crippen LogP contribution in [0.4, 0.5) is 0 Å². The molecular weight excluding hydrogens is 318 g/mol. The van der Waals surface area contributed by atoms with E-state index >= 15 is 0 Å². The number of methoxy groups -OCH3 is 2. The minimum Gasteiger partial charge on any atom is -0.464 e. The minimum atomic E-state index is -3.53. The molecule has 6 nitrogen and oxygen atoms in total. The molecule has 132 valence electrons. The SMILES string of the molecule is CCc1ccc(C(COC)NS(=O)(=O)[C@@H]2CCCC[C@@H]2OC)o1. The zero-order valence-corrected chi connectivity index (χ0v) is 14.9. The number of rotatable bonds is 8. The molecule has 0 aromatic carbocycles. The van der Waals surface area contributed by atoms with Crippen LogP contribution in [-0.2, 0) is 25.9 Å². The van der Waals surface area contributed by atoms with Gasteiger partial charge in [0.2, 0.25) is 10.0 Å². The van der Waals surface area contributed by atoms with Crippen LogP contribution in [-0.4, -0.2) is 40.6 Å². The molecule has 23 heavy (non-hydrogen) atoms. The van der Waals surface area contributed by atoms with Gasteiger partial charge in [-0.1, -0.05) is 19.8 Å². The topological polar surface area (TPSA) is 77.8 Å². The van der Waals surface area contributed by atoms with Crippen LogP contribution in [0.1, 0.15) is 50.2 Å². The fourth-order valence-corrected chi connectivity index (χ4v) is 4.97. The highest BCUT2D eigenvalue weighted by Crippen LogP contribution is 2.28. The Kier molecular flexibility index (Phi) is 6.64. The van der Waals surface area contributed by atoms with Crippen LogP contribution in [0, 0.1) is 0 Å². The van der Waals surface area contributed by atoms with Gasteiger partial charge in [0.15, 0.2) is 0 Å². The van der Waals surface area contributed by atoms with Gasteiger partial charge in [0, 0.05) is 20.6 Å². The normalized spacial score (nSPS) is 23.8. The molecule has 0 spiro atoms. The Morgan fingerprint density at radius 2 is 2.04 bits per heavy atom. The van der Waals surface area contributed by atoms with Crippen molar-refractivity contribution < 1.29 is 22.3 Å². The first-order chi connectivity index (χ1) is 11.0. The van der Waals surface area contributed by atoms with Gasteiger partial charge in [-0.25, -0.2) is 13.1 Å². The second kappa shape index (κ2) is 8.28. The Morgan fingerprint density at radius 1 is 1.30 bits per heavy atom. The summed E-state index contributed by atoms with van der Waals surface area (Å²) < 4.78 is 44.6. The monoisotopic (exact) mass is 345 g/mol. The quantitative estimate of drug-likeness (QED) is 0.783. The van der Waals surface area contributed by atoms with Crippen LogP contribution >= 0.6 is 0 Å². The first kappa shape index (κ1) is 18.4. The molecule has 1 fully saturated rings. The molecule has 1 N–H and O–H groups in total. The van der Waals surface area contributed by atoms with E-state index in [1.165, 1.54) is 0 Å². The van der Waals surface area contributed by atoms with E-state index in [1.807, 2.05) is 13.0 Å². The number of nitrogens with one attached hydrogen (secondary N) is 1. The van der Waals surface area contributed by atoms with E-state index in [2.05, 4.69) is 4.72 Å². The number of hydrogen-bond donors (Lipinski definition) is 1. The Balaban J connectivity index is 2.16. The molecule has 1 aliphatic carbocycles. The lowest BCUT2D eigenvalue weighted by molar-refractivity contribution is 0.0730. The number of aryl methyl sites for hydroxylation is 1. The molecule has 0 radical (unpaired) electrons. The fraction of sp³-hybridized carbons (Fsp3) is 0.750. The molecule has 2 rings (SSSR count). The second-order valence-corrected chi connectivity index (χ2v) is 7.86. The lowest BCUT2D eigenvalue weighted by Gasteiger charge is -2.31. The molecule has 0 bridgehead atoms. The maximum atomic E-state index is 12.8. The molecule has 7 heteroatoms. The van der Waals surface area contributed by atoms with Crippen molar-refractivity contribution >= 4 is 10.0 Å². The highest BCUT2D eigenvalue weighted by atomic mass is 32.2. The zero-order chi connectivity index (χ0) is 16.9. The van der Waals surface area contributed by atoms with Crippen molar-refractivity contribution in [3.8, 4) is 0 Å². The van der Waals surface area contributed by atoms with Gasteiger partial charge in [-0.2, -0.15) is 0 Å². The molecule has 0 aliphatic heterocycles. The average Bonchev–Trinajstić information content (AvgIpc) is 3.03. The fourth-order valence-electron chi connectivity index (χ4n) is 3.09. The Labute approximate surface area is 138 Å². The highest BCUT2D eigenvalue weighted by molar-refractivity contribution is 7.90. The largest absolute Gasteiger partial charge is 0.464 e. The van der Waals surface area contributed by atoms with Crippen molar-refractivity contribution in [2.45, 2.75) is 56.4 Å². The summed E-state index contributed by atoms with van der Waals surface area (Å²) in [5.74, 6) is 1.41. The third kappa shape index (κ3) is 4.56. The molecule has 1 saturated carbocycles. The number of ether oxygens (including phenoxy) is 2. The van der Waals surface area contributed by atoms with E-state index in [0.717, 1.165) is 31.4 Å². The van der Waals surface area contributed by atoms with Gasteiger partial charge in [0.05, 0.1) is 12.7 Å². The Morgan fingerprint density at radius 3 is 2.65 bits per heavy atom. The van der Waals surface area contributed by atoms with Crippen molar-refractivity contribution in [1.82, 2.24) is 4.72 Å². The van der Waals surface area contributed by atoms with Crippen molar-refractivity contribution in [3.05, 3.63) is 23.7 Å². The minimum absolute atomic E-state index is 0.222. The van der Waals surface area contributed by atoms with E-state index in [9.17, 15) is 8.42 Å². The van der Waals surface area contributed by atoms with Gasteiger partial charge in [-0.3, -0.25) is 0 Å². The van der Waals surface area contributed by atoms with Crippen molar-refractivity contribution in [3.63, 3.8) is 0 Å². The van der Waals surface area contributed by atoms with Crippen LogP contribution in [0.5, 0.6) is 0 Å². The molecule has 1 heterocycles. The third-order valence-electron chi connectivity index (χ3n) is 4.36. The van der Waals surface area contributed by atoms with E-state index in [-0.39, 0.29) is 12.7 Å². The van der Waals surface area contributed by atoms with Gasteiger partial charge in [0.1, 0.15) is 22.8 Å². The Bertz CT molecular complexity index is 583. The van der Waals surface area contributed by atoms with E-state index < -0.39 is 21.3 Å². The van der Waals surface area contributed by atoms with Crippen molar-refractivity contribution in [2.24, 2.45) is 0 Å². The maximum Gasteiger partial charge on any atom is 0.217 e. The van der Waals surface area contributed by atoms with E-state index in [1.54, 1.807) is 20.3 Å². The zero-order valence-electron chi connectivity index (χ0n) is 14.1. The molecule has 0 amide bonds. The van der Waals surface area contributed by atoms with Crippen molar-refractivity contribution in [1.29, 1.82) is 0 Å². The molecule has 0 saturated heterocycles. The van der Waals surface area contributed by atoms with Gasteiger partial charge in [-0.15, -0.1) is 0 Å². The molecule has 1 aliphatic rings. The highest BCUT2D eigenvalue weighted by Gasteiger charge is 2.37. The lowest BCUT2D eigenvalue weighted by Crippen LogP contribution is -2.46. The predicted molar refractivity (Wildman–Crippen MR) is 87.8 cm³/mol. The summed E-state index contributed by atoms with van der Waals surface area (Å²) in [5, 5.41) is -0.527. The van der Waals surface area contributed by atoms with Crippen molar-refractivity contribution in [2.75, 3.05) is 20.8 Å². The van der Waals surface area contributed by atoms with Gasteiger partial charge in [-0.05, 0) is 25.0 Å². The molecule has 3 atom stereocenters. The van der Waals surface area contributed by atoms with E-state index in [4.69, 9.17) is 13.9 Å². The van der Waals surface area contributed by atoms with Crippen LogP contribution in [0.25, 0.3) is 0 Å². The summed E-state index contributed by atoms with van der Waals surface area (Å²) in [7, 11) is -0.407. The summed E-state index contributed by atoms with van der Waals surface area (Å²) in [5.41, 5.74) is 0. The Hall–Kier alpha value is -0.890. The van der Waals surface area contributed by atoms with Gasteiger partial charge in [0.25, 0.3) is 0 Å². The lowest BCUT2D eigenvalue weighted by atomic mass is 9.97. The smallest absolute Gasteiger partial charge is 0.217 e. The average molecular weight is 345 g/mol. The summed E-state index contributed by atoms with van der Waals surface area (Å²) >= 11 is 0. The maximum absolute atomic E-state index is 12.8. The van der Waals surface area contributed by atoms with Crippen LogP contribution < -0.4 is 4.72 Å².